The van der Waals surface area contributed by atoms with Gasteiger partial charge in [0.1, 0.15) is 12.4 Å². The molecule has 4 rings (SSSR count). The molecular formula is C19H17N3O5S. The number of nitrogens with zero attached hydrogens (tertiary/aromatic N) is 2. The summed E-state index contributed by atoms with van der Waals surface area (Å²) in [5, 5.41) is 11.1. The number of aromatic nitrogens is 2. The Hall–Kier alpha value is -3.20. The first-order valence-corrected chi connectivity index (χ1v) is 9.48. The summed E-state index contributed by atoms with van der Waals surface area (Å²) in [5.41, 5.74) is 0.655. The van der Waals surface area contributed by atoms with Crippen LogP contribution in [-0.4, -0.2) is 35.6 Å². The van der Waals surface area contributed by atoms with Gasteiger partial charge in [0, 0.05) is 11.8 Å². The first-order chi connectivity index (χ1) is 13.7. The number of methoxy groups -OCH3 is 1. The van der Waals surface area contributed by atoms with Gasteiger partial charge in [-0.05, 0) is 24.3 Å². The molecule has 1 aromatic heterocycles. The highest BCUT2D eigenvalue weighted by Crippen LogP contribution is 2.35. The average molecular weight is 399 g/mol. The smallest absolute Gasteiger partial charge is 0.277 e. The molecule has 0 unspecified atom stereocenters. The summed E-state index contributed by atoms with van der Waals surface area (Å²) in [7, 11) is 1.57. The van der Waals surface area contributed by atoms with Crippen LogP contribution in [0.3, 0.4) is 0 Å². The van der Waals surface area contributed by atoms with Gasteiger partial charge >= 0.3 is 0 Å². The van der Waals surface area contributed by atoms with Gasteiger partial charge in [0.2, 0.25) is 12.0 Å². The summed E-state index contributed by atoms with van der Waals surface area (Å²) in [4.78, 5) is 12.1. The Balaban J connectivity index is 1.32. The second kappa shape index (κ2) is 8.22. The lowest BCUT2D eigenvalue weighted by molar-refractivity contribution is -0.113. The number of hydrogen-bond donors (Lipinski definition) is 1. The summed E-state index contributed by atoms with van der Waals surface area (Å²) >= 11 is 1.15. The first kappa shape index (κ1) is 18.2. The molecular weight excluding hydrogens is 382 g/mol. The van der Waals surface area contributed by atoms with Crippen LogP contribution in [0.4, 0.5) is 5.69 Å². The highest BCUT2D eigenvalue weighted by molar-refractivity contribution is 7.99. The van der Waals surface area contributed by atoms with Crippen molar-refractivity contribution in [3.8, 4) is 17.2 Å². The zero-order chi connectivity index (χ0) is 19.3. The lowest BCUT2D eigenvalue weighted by atomic mass is 10.2. The predicted molar refractivity (Wildman–Crippen MR) is 102 cm³/mol. The second-order valence-electron chi connectivity index (χ2n) is 5.84. The molecule has 9 heteroatoms. The average Bonchev–Trinajstić information content (AvgIpc) is 3.21. The maximum Gasteiger partial charge on any atom is 0.277 e. The van der Waals surface area contributed by atoms with Crippen molar-refractivity contribution in [3.63, 3.8) is 0 Å². The number of rotatable bonds is 6. The molecule has 8 nitrogen and oxygen atoms in total. The summed E-state index contributed by atoms with van der Waals surface area (Å²) < 4.78 is 22.2. The molecule has 1 aliphatic rings. The van der Waals surface area contributed by atoms with Crippen LogP contribution < -0.4 is 19.5 Å². The highest BCUT2D eigenvalue weighted by Gasteiger charge is 2.27. The van der Waals surface area contributed by atoms with Crippen molar-refractivity contribution in [1.29, 1.82) is 0 Å². The van der Waals surface area contributed by atoms with Crippen LogP contribution in [0.2, 0.25) is 0 Å². The van der Waals surface area contributed by atoms with Gasteiger partial charge in [0.25, 0.3) is 11.1 Å². The third kappa shape index (κ3) is 4.20. The van der Waals surface area contributed by atoms with Gasteiger partial charge in [-0.25, -0.2) is 0 Å². The summed E-state index contributed by atoms with van der Waals surface area (Å²) in [6.07, 6.45) is -0.484. The van der Waals surface area contributed by atoms with Crippen molar-refractivity contribution in [3.05, 3.63) is 54.4 Å². The Bertz CT molecular complexity index is 977. The number of carbonyl (C=O) groups excluding carboxylic acids is 1. The summed E-state index contributed by atoms with van der Waals surface area (Å²) in [6, 6.07) is 14.5. The zero-order valence-electron chi connectivity index (χ0n) is 15.0. The van der Waals surface area contributed by atoms with Crippen LogP contribution in [0.1, 0.15) is 12.0 Å². The maximum absolute atomic E-state index is 12.1. The second-order valence-corrected chi connectivity index (χ2v) is 6.77. The lowest BCUT2D eigenvalue weighted by Gasteiger charge is -2.23. The molecule has 0 spiro atoms. The number of amides is 1. The molecule has 3 aromatic rings. The van der Waals surface area contributed by atoms with E-state index in [1.165, 1.54) is 0 Å². The number of hydrogen-bond acceptors (Lipinski definition) is 8. The van der Waals surface area contributed by atoms with E-state index in [-0.39, 0.29) is 18.3 Å². The maximum atomic E-state index is 12.1. The molecule has 2 aromatic carbocycles. The van der Waals surface area contributed by atoms with E-state index < -0.39 is 6.10 Å². The third-order valence-electron chi connectivity index (χ3n) is 3.89. The van der Waals surface area contributed by atoms with E-state index in [0.717, 1.165) is 11.8 Å². The summed E-state index contributed by atoms with van der Waals surface area (Å²) in [5.74, 6) is 2.23. The fraction of sp³-hybridized carbons (Fsp3) is 0.211. The quantitative estimate of drug-likeness (QED) is 0.631. The van der Waals surface area contributed by atoms with E-state index >= 15 is 0 Å². The van der Waals surface area contributed by atoms with E-state index in [2.05, 4.69) is 15.5 Å². The van der Waals surface area contributed by atoms with Crippen molar-refractivity contribution in [1.82, 2.24) is 10.2 Å². The van der Waals surface area contributed by atoms with Crippen LogP contribution in [-0.2, 0) is 4.79 Å². The monoisotopic (exact) mass is 399 g/mol. The molecule has 28 heavy (non-hydrogen) atoms. The van der Waals surface area contributed by atoms with Gasteiger partial charge in [0.05, 0.1) is 12.9 Å². The van der Waals surface area contributed by atoms with Gasteiger partial charge in [-0.3, -0.25) is 4.79 Å². The van der Waals surface area contributed by atoms with Crippen molar-refractivity contribution in [2.45, 2.75) is 11.3 Å². The zero-order valence-corrected chi connectivity index (χ0v) is 15.8. The van der Waals surface area contributed by atoms with Crippen molar-refractivity contribution < 1.29 is 23.4 Å². The third-order valence-corrected chi connectivity index (χ3v) is 4.70. The van der Waals surface area contributed by atoms with Gasteiger partial charge in [-0.2, -0.15) is 0 Å². The van der Waals surface area contributed by atoms with Crippen LogP contribution in [0.5, 0.6) is 17.2 Å². The molecule has 0 saturated heterocycles. The Labute approximate surface area is 165 Å². The van der Waals surface area contributed by atoms with Crippen LogP contribution in [0, 0.1) is 0 Å². The molecule has 1 N–H and O–H groups in total. The van der Waals surface area contributed by atoms with E-state index in [1.54, 1.807) is 31.4 Å². The SMILES string of the molecule is COc1cccc(NC(=O)CSc2nnc([C@@H]3COc4ccccc4O3)o2)c1. The number of thioether (sulfide) groups is 1. The number of ether oxygens (including phenoxy) is 3. The van der Waals surface area contributed by atoms with Gasteiger partial charge < -0.3 is 23.9 Å². The number of fused-ring (bicyclic) bond motifs is 1. The van der Waals surface area contributed by atoms with Crippen molar-refractivity contribution in [2.24, 2.45) is 0 Å². The van der Waals surface area contributed by atoms with E-state index in [9.17, 15) is 4.79 Å². The molecule has 0 saturated carbocycles. The molecule has 0 radical (unpaired) electrons. The number of para-hydroxylation sites is 2. The van der Waals surface area contributed by atoms with Crippen molar-refractivity contribution >= 4 is 23.4 Å². The molecule has 144 valence electrons. The number of anilines is 1. The molecule has 2 heterocycles. The number of carbonyl (C=O) groups is 1. The normalized spacial score (nSPS) is 15.1. The first-order valence-electron chi connectivity index (χ1n) is 8.50. The van der Waals surface area contributed by atoms with E-state index in [4.69, 9.17) is 18.6 Å². The molecule has 1 aliphatic heterocycles. The summed E-state index contributed by atoms with van der Waals surface area (Å²) in [6.45, 7) is 0.277. The molecule has 0 aliphatic carbocycles. The molecule has 1 amide bonds. The fourth-order valence-corrected chi connectivity index (χ4v) is 3.14. The van der Waals surface area contributed by atoms with Crippen LogP contribution in [0.25, 0.3) is 0 Å². The van der Waals surface area contributed by atoms with Crippen LogP contribution >= 0.6 is 11.8 Å². The minimum absolute atomic E-state index is 0.129. The predicted octanol–water partition coefficient (Wildman–Crippen LogP) is 3.32. The largest absolute Gasteiger partial charge is 0.497 e. The van der Waals surface area contributed by atoms with Crippen molar-refractivity contribution in [2.75, 3.05) is 24.8 Å². The van der Waals surface area contributed by atoms with E-state index in [1.807, 2.05) is 24.3 Å². The number of benzene rings is 2. The van der Waals surface area contributed by atoms with Crippen LogP contribution in [0.15, 0.2) is 58.2 Å². The van der Waals surface area contributed by atoms with Gasteiger partial charge in [0.15, 0.2) is 11.5 Å². The Kier molecular flexibility index (Phi) is 5.34. The minimum atomic E-state index is -0.484. The fourth-order valence-electron chi connectivity index (χ4n) is 2.58. The Morgan fingerprint density at radius 1 is 1.21 bits per heavy atom. The van der Waals surface area contributed by atoms with E-state index in [0.29, 0.717) is 34.0 Å². The topological polar surface area (TPSA) is 95.7 Å². The van der Waals surface area contributed by atoms with Gasteiger partial charge in [-0.15, -0.1) is 10.2 Å². The molecule has 1 atom stereocenters. The highest BCUT2D eigenvalue weighted by atomic mass is 32.2. The molecule has 0 fully saturated rings. The van der Waals surface area contributed by atoms with Gasteiger partial charge in [-0.1, -0.05) is 30.0 Å². The number of nitrogens with one attached hydrogen (secondary N) is 1. The standard InChI is InChI=1S/C19H17N3O5S/c1-24-13-6-4-5-12(9-13)20-17(23)11-28-19-22-21-18(27-19)16-10-25-14-7-2-3-8-15(14)26-16/h2-9,16H,10-11H2,1H3,(H,20,23)/t16-/m0/s1. The Morgan fingerprint density at radius 2 is 2.07 bits per heavy atom. The Morgan fingerprint density at radius 3 is 2.93 bits per heavy atom. The minimum Gasteiger partial charge on any atom is -0.497 e. The molecule has 0 bridgehead atoms. The lowest BCUT2D eigenvalue weighted by Crippen LogP contribution is -2.21.